The van der Waals surface area contributed by atoms with Crippen LogP contribution in [0.25, 0.3) is 10.3 Å². The minimum atomic E-state index is -4.49. The van der Waals surface area contributed by atoms with Crippen molar-refractivity contribution < 1.29 is 18.3 Å². The second kappa shape index (κ2) is 4.77. The number of halogens is 3. The van der Waals surface area contributed by atoms with Gasteiger partial charge in [0.25, 0.3) is 0 Å². The fourth-order valence-electron chi connectivity index (χ4n) is 2.40. The smallest absolute Gasteiger partial charge is 0.388 e. The first-order valence-electron chi connectivity index (χ1n) is 6.41. The van der Waals surface area contributed by atoms with Crippen molar-refractivity contribution in [2.24, 2.45) is 0 Å². The van der Waals surface area contributed by atoms with E-state index in [9.17, 15) is 18.3 Å². The maximum atomic E-state index is 12.7. The summed E-state index contributed by atoms with van der Waals surface area (Å²) in [5.74, 6) is 0.312. The number of alkyl halides is 3. The Morgan fingerprint density at radius 1 is 1.38 bits per heavy atom. The van der Waals surface area contributed by atoms with E-state index in [4.69, 9.17) is 0 Å². The number of rotatable bonds is 3. The molecule has 2 aromatic rings. The predicted octanol–water partition coefficient (Wildman–Crippen LogP) is 2.46. The number of hydrogen-bond acceptors (Lipinski definition) is 6. The number of thiazole rings is 1. The summed E-state index contributed by atoms with van der Waals surface area (Å²) in [7, 11) is 1.69. The van der Waals surface area contributed by atoms with Gasteiger partial charge in [0.2, 0.25) is 5.01 Å². The van der Waals surface area contributed by atoms with E-state index in [1.165, 1.54) is 6.33 Å². The molecule has 3 rings (SSSR count). The Morgan fingerprint density at radius 3 is 2.67 bits per heavy atom. The molecule has 0 atom stereocenters. The Hall–Kier alpha value is -1.48. The molecule has 1 aliphatic rings. The largest absolute Gasteiger partial charge is 0.443 e. The van der Waals surface area contributed by atoms with Gasteiger partial charge in [-0.3, -0.25) is 0 Å². The number of anilines is 1. The third-order valence-electron chi connectivity index (χ3n) is 3.60. The number of aliphatic hydroxyl groups is 1. The zero-order valence-corrected chi connectivity index (χ0v) is 12.0. The monoisotopic (exact) mass is 318 g/mol. The highest BCUT2D eigenvalue weighted by atomic mass is 32.1. The lowest BCUT2D eigenvalue weighted by molar-refractivity contribution is -0.137. The van der Waals surface area contributed by atoms with Gasteiger partial charge in [-0.15, -0.1) is 0 Å². The van der Waals surface area contributed by atoms with Crippen molar-refractivity contribution in [3.8, 4) is 0 Å². The van der Waals surface area contributed by atoms with Crippen molar-refractivity contribution >= 4 is 27.5 Å². The maximum absolute atomic E-state index is 12.7. The third-order valence-corrected chi connectivity index (χ3v) is 4.60. The lowest BCUT2D eigenvalue weighted by atomic mass is 9.80. The minimum Gasteiger partial charge on any atom is -0.388 e. The molecule has 9 heteroatoms. The molecule has 0 unspecified atom stereocenters. The second-order valence-corrected chi connectivity index (χ2v) is 6.28. The number of fused-ring (bicyclic) bond motifs is 1. The summed E-state index contributed by atoms with van der Waals surface area (Å²) in [6.07, 6.45) is -0.935. The number of hydrogen-bond donors (Lipinski definition) is 1. The van der Waals surface area contributed by atoms with E-state index < -0.39 is 16.8 Å². The van der Waals surface area contributed by atoms with Crippen molar-refractivity contribution in [2.45, 2.75) is 31.0 Å². The number of aromatic nitrogens is 3. The molecule has 1 aliphatic carbocycles. The first-order valence-corrected chi connectivity index (χ1v) is 7.22. The average molecular weight is 318 g/mol. The van der Waals surface area contributed by atoms with Crippen LogP contribution in [0.4, 0.5) is 19.0 Å². The van der Waals surface area contributed by atoms with E-state index in [0.29, 0.717) is 36.5 Å². The summed E-state index contributed by atoms with van der Waals surface area (Å²) in [6.45, 7) is 0.317. The van der Waals surface area contributed by atoms with Crippen LogP contribution in [0.2, 0.25) is 0 Å². The zero-order chi connectivity index (χ0) is 15.3. The Morgan fingerprint density at radius 2 is 2.10 bits per heavy atom. The standard InChI is InChI=1S/C12H13F3N4OS/c1-19(5-11(20)3-2-4-11)8-7-9(17-6-16-8)21-10(18-7)12(13,14)15/h6,20H,2-5H2,1H3. The SMILES string of the molecule is CN(CC1(O)CCC1)c1ncnc2sc(C(F)(F)F)nc12. The summed E-state index contributed by atoms with van der Waals surface area (Å²) < 4.78 is 38.2. The van der Waals surface area contributed by atoms with E-state index in [0.717, 1.165) is 6.42 Å². The molecular formula is C12H13F3N4OS. The van der Waals surface area contributed by atoms with Crippen molar-refractivity contribution in [2.75, 3.05) is 18.5 Å². The molecule has 21 heavy (non-hydrogen) atoms. The van der Waals surface area contributed by atoms with Gasteiger partial charge in [-0.05, 0) is 19.3 Å². The molecule has 5 nitrogen and oxygen atoms in total. The molecule has 0 aliphatic heterocycles. The van der Waals surface area contributed by atoms with Crippen molar-refractivity contribution in [1.29, 1.82) is 0 Å². The Labute approximate surface area is 122 Å². The topological polar surface area (TPSA) is 62.1 Å². The molecule has 0 bridgehead atoms. The van der Waals surface area contributed by atoms with Gasteiger partial charge in [-0.1, -0.05) is 11.3 Å². The number of likely N-dealkylation sites (N-methyl/N-ethyl adjacent to an activating group) is 1. The molecule has 0 spiro atoms. The Kier molecular flexibility index (Phi) is 3.28. The van der Waals surface area contributed by atoms with Crippen LogP contribution in [0.15, 0.2) is 6.33 Å². The van der Waals surface area contributed by atoms with Crippen molar-refractivity contribution in [3.63, 3.8) is 0 Å². The van der Waals surface area contributed by atoms with Gasteiger partial charge in [0.15, 0.2) is 5.82 Å². The molecule has 1 N–H and O–H groups in total. The van der Waals surface area contributed by atoms with Crippen LogP contribution in [0.3, 0.4) is 0 Å². The van der Waals surface area contributed by atoms with E-state index in [1.54, 1.807) is 11.9 Å². The van der Waals surface area contributed by atoms with Gasteiger partial charge in [-0.2, -0.15) is 13.2 Å². The van der Waals surface area contributed by atoms with Crippen LogP contribution in [0.1, 0.15) is 24.3 Å². The lowest BCUT2D eigenvalue weighted by Crippen LogP contribution is -2.47. The van der Waals surface area contributed by atoms with Crippen LogP contribution >= 0.6 is 11.3 Å². The van der Waals surface area contributed by atoms with Gasteiger partial charge >= 0.3 is 6.18 Å². The van der Waals surface area contributed by atoms with Crippen LogP contribution in [-0.2, 0) is 6.18 Å². The lowest BCUT2D eigenvalue weighted by Gasteiger charge is -2.39. The van der Waals surface area contributed by atoms with Crippen molar-refractivity contribution in [3.05, 3.63) is 11.3 Å². The van der Waals surface area contributed by atoms with Crippen LogP contribution in [0.5, 0.6) is 0 Å². The second-order valence-electron chi connectivity index (χ2n) is 5.30. The highest BCUT2D eigenvalue weighted by Gasteiger charge is 2.38. The van der Waals surface area contributed by atoms with Crippen LogP contribution in [-0.4, -0.2) is 39.3 Å². The van der Waals surface area contributed by atoms with Crippen LogP contribution < -0.4 is 4.90 Å². The predicted molar refractivity (Wildman–Crippen MR) is 72.3 cm³/mol. The van der Waals surface area contributed by atoms with Crippen LogP contribution in [0, 0.1) is 0 Å². The van der Waals surface area contributed by atoms with Crippen molar-refractivity contribution in [1.82, 2.24) is 15.0 Å². The third kappa shape index (κ3) is 2.67. The highest BCUT2D eigenvalue weighted by Crippen LogP contribution is 2.38. The summed E-state index contributed by atoms with van der Waals surface area (Å²) in [4.78, 5) is 13.3. The summed E-state index contributed by atoms with van der Waals surface area (Å²) in [5, 5.41) is 9.23. The average Bonchev–Trinajstić information content (AvgIpc) is 2.80. The summed E-state index contributed by atoms with van der Waals surface area (Å²) in [6, 6.07) is 0. The molecule has 1 fully saturated rings. The van der Waals surface area contributed by atoms with Gasteiger partial charge in [-0.25, -0.2) is 15.0 Å². The molecule has 0 saturated heterocycles. The molecule has 0 radical (unpaired) electrons. The van der Waals surface area contributed by atoms with Gasteiger partial charge in [0, 0.05) is 13.6 Å². The molecule has 114 valence electrons. The minimum absolute atomic E-state index is 0.125. The molecule has 2 aromatic heterocycles. The highest BCUT2D eigenvalue weighted by molar-refractivity contribution is 7.18. The normalized spacial score (nSPS) is 17.8. The molecule has 0 amide bonds. The first kappa shape index (κ1) is 14.5. The molecule has 0 aromatic carbocycles. The first-order chi connectivity index (χ1) is 9.78. The molecule has 1 saturated carbocycles. The summed E-state index contributed by atoms with van der Waals surface area (Å²) in [5.41, 5.74) is -0.658. The fraction of sp³-hybridized carbons (Fsp3) is 0.583. The zero-order valence-electron chi connectivity index (χ0n) is 11.2. The summed E-state index contributed by atoms with van der Waals surface area (Å²) >= 11 is 0.497. The quantitative estimate of drug-likeness (QED) is 0.942. The Bertz CT molecular complexity index is 668. The van der Waals surface area contributed by atoms with E-state index in [1.807, 2.05) is 0 Å². The van der Waals surface area contributed by atoms with E-state index in [-0.39, 0.29) is 10.3 Å². The van der Waals surface area contributed by atoms with Gasteiger partial charge in [0.05, 0.1) is 5.60 Å². The van der Waals surface area contributed by atoms with E-state index >= 15 is 0 Å². The van der Waals surface area contributed by atoms with Gasteiger partial charge in [0.1, 0.15) is 16.7 Å². The Balaban J connectivity index is 1.96. The van der Waals surface area contributed by atoms with Gasteiger partial charge < -0.3 is 10.0 Å². The molecular weight excluding hydrogens is 305 g/mol. The number of nitrogens with zero attached hydrogens (tertiary/aromatic N) is 4. The fourth-order valence-corrected chi connectivity index (χ4v) is 3.17. The maximum Gasteiger partial charge on any atom is 0.443 e. The van der Waals surface area contributed by atoms with E-state index in [2.05, 4.69) is 15.0 Å². The molecule has 2 heterocycles.